The van der Waals surface area contributed by atoms with Gasteiger partial charge in [0, 0.05) is 17.8 Å². The number of fused-ring (bicyclic) bond motifs is 5. The number of Topliss-reactive ketones (excluding diaryl/α,β-unsaturated/α-hetero) is 1. The molecule has 26 heavy (non-hydrogen) atoms. The molecule has 0 bridgehead atoms. The van der Waals surface area contributed by atoms with Gasteiger partial charge in [0.1, 0.15) is 5.78 Å². The Labute approximate surface area is 156 Å². The highest BCUT2D eigenvalue weighted by atomic mass is 16.1. The Bertz CT molecular complexity index is 710. The number of hydrogen-bond acceptors (Lipinski definition) is 3. The van der Waals surface area contributed by atoms with E-state index in [4.69, 9.17) is 5.73 Å². The Balaban J connectivity index is 1.73. The number of hydrogen-bond donors (Lipinski definition) is 1. The summed E-state index contributed by atoms with van der Waals surface area (Å²) in [6.07, 6.45) is 8.26. The predicted octanol–water partition coefficient (Wildman–Crippen LogP) is 3.43. The van der Waals surface area contributed by atoms with E-state index in [1.807, 2.05) is 6.08 Å². The van der Waals surface area contributed by atoms with Crippen molar-refractivity contribution in [2.75, 3.05) is 0 Å². The van der Waals surface area contributed by atoms with Crippen molar-refractivity contribution < 1.29 is 14.4 Å². The second-order valence-corrected chi connectivity index (χ2v) is 9.78. The summed E-state index contributed by atoms with van der Waals surface area (Å²) in [6, 6.07) is 0. The van der Waals surface area contributed by atoms with E-state index < -0.39 is 0 Å². The molecule has 3 fully saturated rings. The minimum absolute atomic E-state index is 0.0536. The fourth-order valence-electron chi connectivity index (χ4n) is 7.70. The Morgan fingerprint density at radius 1 is 1.08 bits per heavy atom. The molecule has 0 aromatic carbocycles. The number of primary amides is 1. The highest BCUT2D eigenvalue weighted by molar-refractivity contribution is 5.96. The summed E-state index contributed by atoms with van der Waals surface area (Å²) in [6.45, 7) is 6.28. The zero-order valence-corrected chi connectivity index (χ0v) is 16.2. The van der Waals surface area contributed by atoms with Crippen molar-refractivity contribution in [2.45, 2.75) is 65.7 Å². The van der Waals surface area contributed by atoms with Crippen LogP contribution in [0.25, 0.3) is 0 Å². The average Bonchev–Trinajstić information content (AvgIpc) is 2.92. The third-order valence-corrected chi connectivity index (χ3v) is 8.94. The van der Waals surface area contributed by atoms with Crippen LogP contribution in [0.2, 0.25) is 0 Å². The molecule has 2 N–H and O–H groups in total. The van der Waals surface area contributed by atoms with E-state index in [-0.39, 0.29) is 40.8 Å². The van der Waals surface area contributed by atoms with Crippen LogP contribution in [0.4, 0.5) is 0 Å². The Morgan fingerprint density at radius 3 is 2.46 bits per heavy atom. The van der Waals surface area contributed by atoms with E-state index >= 15 is 0 Å². The van der Waals surface area contributed by atoms with Crippen molar-refractivity contribution in [3.8, 4) is 0 Å². The number of amides is 1. The highest BCUT2D eigenvalue weighted by Crippen LogP contribution is 2.67. The fourth-order valence-corrected chi connectivity index (χ4v) is 7.70. The van der Waals surface area contributed by atoms with Crippen molar-refractivity contribution in [3.05, 3.63) is 11.6 Å². The standard InChI is InChI=1S/C22H31NO3/c1-12(24)16-6-7-17-15-5-4-13-10-14(25)11-19(20(23)26)22(13,3)18(15)8-9-21(16,17)2/h10,15-19H,4-9,11H2,1-3H3,(H2,23,26)/t15-,16+,17-,18-,19?,21+,22-/m0/s1. The predicted molar refractivity (Wildman–Crippen MR) is 98.9 cm³/mol. The first kappa shape index (κ1) is 17.9. The smallest absolute Gasteiger partial charge is 0.221 e. The van der Waals surface area contributed by atoms with Crippen molar-refractivity contribution >= 4 is 17.5 Å². The molecule has 0 aromatic rings. The molecule has 0 spiro atoms. The summed E-state index contributed by atoms with van der Waals surface area (Å²) in [5.74, 6) is 1.38. The van der Waals surface area contributed by atoms with Crippen molar-refractivity contribution in [3.63, 3.8) is 0 Å². The van der Waals surface area contributed by atoms with Crippen LogP contribution >= 0.6 is 0 Å². The fraction of sp³-hybridized carbons (Fsp3) is 0.773. The van der Waals surface area contributed by atoms with Gasteiger partial charge in [-0.05, 0) is 74.7 Å². The normalized spacial score (nSPS) is 47.4. The summed E-state index contributed by atoms with van der Waals surface area (Å²) < 4.78 is 0. The van der Waals surface area contributed by atoms with Crippen LogP contribution in [-0.2, 0) is 14.4 Å². The molecule has 1 unspecified atom stereocenters. The maximum atomic E-state index is 12.3. The number of rotatable bonds is 2. The number of allylic oxidation sites excluding steroid dienone is 1. The molecule has 3 saturated carbocycles. The van der Waals surface area contributed by atoms with Crippen LogP contribution in [0.5, 0.6) is 0 Å². The van der Waals surface area contributed by atoms with Crippen LogP contribution in [0.1, 0.15) is 65.7 Å². The van der Waals surface area contributed by atoms with E-state index in [9.17, 15) is 14.4 Å². The number of nitrogens with two attached hydrogens (primary N) is 1. The van der Waals surface area contributed by atoms with Gasteiger partial charge in [-0.15, -0.1) is 0 Å². The zero-order valence-electron chi connectivity index (χ0n) is 16.2. The molecule has 4 aliphatic rings. The van der Waals surface area contributed by atoms with Gasteiger partial charge in [-0.3, -0.25) is 14.4 Å². The first-order valence-electron chi connectivity index (χ1n) is 10.2. The lowest BCUT2D eigenvalue weighted by Gasteiger charge is -2.59. The largest absolute Gasteiger partial charge is 0.369 e. The van der Waals surface area contributed by atoms with Crippen LogP contribution in [0.3, 0.4) is 0 Å². The van der Waals surface area contributed by atoms with Gasteiger partial charge in [0.15, 0.2) is 5.78 Å². The van der Waals surface area contributed by atoms with Crippen LogP contribution < -0.4 is 5.73 Å². The maximum Gasteiger partial charge on any atom is 0.221 e. The van der Waals surface area contributed by atoms with Gasteiger partial charge in [-0.2, -0.15) is 0 Å². The van der Waals surface area contributed by atoms with Crippen molar-refractivity contribution in [1.82, 2.24) is 0 Å². The zero-order chi connectivity index (χ0) is 18.9. The van der Waals surface area contributed by atoms with E-state index in [0.717, 1.165) is 44.1 Å². The maximum absolute atomic E-state index is 12.3. The summed E-state index contributed by atoms with van der Waals surface area (Å²) in [4.78, 5) is 36.7. The Hall–Kier alpha value is -1.45. The topological polar surface area (TPSA) is 77.2 Å². The average molecular weight is 357 g/mol. The van der Waals surface area contributed by atoms with Crippen molar-refractivity contribution in [2.24, 2.45) is 46.2 Å². The second-order valence-electron chi connectivity index (χ2n) is 9.78. The van der Waals surface area contributed by atoms with Gasteiger partial charge in [0.25, 0.3) is 0 Å². The first-order chi connectivity index (χ1) is 12.2. The third-order valence-electron chi connectivity index (χ3n) is 8.94. The van der Waals surface area contributed by atoms with E-state index in [0.29, 0.717) is 23.5 Å². The molecule has 7 atom stereocenters. The molecule has 142 valence electrons. The molecule has 4 aliphatic carbocycles. The first-order valence-corrected chi connectivity index (χ1v) is 10.2. The number of carbonyl (C=O) groups excluding carboxylic acids is 3. The van der Waals surface area contributed by atoms with Gasteiger partial charge < -0.3 is 5.73 Å². The van der Waals surface area contributed by atoms with Gasteiger partial charge in [-0.1, -0.05) is 19.4 Å². The quantitative estimate of drug-likeness (QED) is 0.822. The molecule has 0 radical (unpaired) electrons. The molecule has 4 heteroatoms. The molecule has 4 rings (SSSR count). The summed E-state index contributed by atoms with van der Waals surface area (Å²) in [5, 5.41) is 0. The van der Waals surface area contributed by atoms with Gasteiger partial charge >= 0.3 is 0 Å². The summed E-state index contributed by atoms with van der Waals surface area (Å²) in [5.41, 5.74) is 6.76. The molecule has 1 amide bonds. The molecule has 0 saturated heterocycles. The van der Waals surface area contributed by atoms with Crippen LogP contribution in [0, 0.1) is 40.4 Å². The van der Waals surface area contributed by atoms with Gasteiger partial charge in [0.05, 0.1) is 5.92 Å². The van der Waals surface area contributed by atoms with Gasteiger partial charge in [-0.25, -0.2) is 0 Å². The SMILES string of the molecule is CC(=O)[C@H]1CC[C@H]2[C@@H]3CCC4=CC(=O)CC(C(N)=O)[C@]4(C)[C@H]3CC[C@]12C. The van der Waals surface area contributed by atoms with Crippen LogP contribution in [-0.4, -0.2) is 17.5 Å². The lowest BCUT2D eigenvalue weighted by molar-refractivity contribution is -0.138. The lowest BCUT2D eigenvalue weighted by atomic mass is 9.44. The molecular formula is C22H31NO3. The van der Waals surface area contributed by atoms with E-state index in [1.165, 1.54) is 0 Å². The van der Waals surface area contributed by atoms with Crippen molar-refractivity contribution in [1.29, 1.82) is 0 Å². The van der Waals surface area contributed by atoms with Gasteiger partial charge in [0.2, 0.25) is 5.91 Å². The highest BCUT2D eigenvalue weighted by Gasteiger charge is 2.62. The third kappa shape index (κ3) is 2.23. The number of ketones is 2. The number of carbonyl (C=O) groups is 3. The molecule has 0 heterocycles. The lowest BCUT2D eigenvalue weighted by Crippen LogP contribution is -2.56. The minimum atomic E-state index is -0.378. The monoisotopic (exact) mass is 357 g/mol. The Kier molecular flexibility index (Phi) is 3.98. The molecular weight excluding hydrogens is 326 g/mol. The van der Waals surface area contributed by atoms with E-state index in [2.05, 4.69) is 13.8 Å². The molecule has 0 aromatic heterocycles. The Morgan fingerprint density at radius 2 is 1.81 bits per heavy atom. The molecule has 4 nitrogen and oxygen atoms in total. The van der Waals surface area contributed by atoms with E-state index in [1.54, 1.807) is 6.92 Å². The summed E-state index contributed by atoms with van der Waals surface area (Å²) in [7, 11) is 0. The molecule has 0 aliphatic heterocycles. The van der Waals surface area contributed by atoms with Crippen LogP contribution in [0.15, 0.2) is 11.6 Å². The minimum Gasteiger partial charge on any atom is -0.369 e. The summed E-state index contributed by atoms with van der Waals surface area (Å²) >= 11 is 0. The second kappa shape index (κ2) is 5.77.